The summed E-state index contributed by atoms with van der Waals surface area (Å²) in [6.45, 7) is 5.85. The second kappa shape index (κ2) is 5.64. The number of azo groups is 1. The minimum absolute atomic E-state index is 0.195. The van der Waals surface area contributed by atoms with E-state index >= 15 is 0 Å². The maximum absolute atomic E-state index is 11.0. The van der Waals surface area contributed by atoms with Gasteiger partial charge in [0.2, 0.25) is 0 Å². The number of aryl methyl sites for hydroxylation is 3. The van der Waals surface area contributed by atoms with Crippen LogP contribution in [0, 0.1) is 20.8 Å². The van der Waals surface area contributed by atoms with Crippen LogP contribution in [-0.4, -0.2) is 20.5 Å². The molecular weight excluding hydrogens is 292 g/mol. The third kappa shape index (κ3) is 2.96. The molecule has 6 heteroatoms. The first-order chi connectivity index (χ1) is 10.9. The highest BCUT2D eigenvalue weighted by Gasteiger charge is 2.11. The number of carboxylic acid groups (broad SMARTS) is 1. The Morgan fingerprint density at radius 2 is 1.78 bits per heavy atom. The van der Waals surface area contributed by atoms with Gasteiger partial charge in [0.15, 0.2) is 5.82 Å². The highest BCUT2D eigenvalue weighted by atomic mass is 16.4. The van der Waals surface area contributed by atoms with E-state index in [1.54, 1.807) is 10.6 Å². The normalized spacial score (nSPS) is 11.4. The standard InChI is InChI=1S/C17H16N4O2/c1-10-6-11(2)8-14(7-10)19-20-16-12(3)18-15-9-13(17(22)23)4-5-21(15)16/h4-9H,1-3H3,(H,22,23). The molecule has 0 saturated carbocycles. The molecule has 0 unspecified atom stereocenters. The van der Waals surface area contributed by atoms with Gasteiger partial charge in [-0.3, -0.25) is 4.40 Å². The van der Waals surface area contributed by atoms with Crippen molar-refractivity contribution in [2.45, 2.75) is 20.8 Å². The molecule has 0 fully saturated rings. The van der Waals surface area contributed by atoms with E-state index in [1.165, 1.54) is 12.1 Å². The van der Waals surface area contributed by atoms with Crippen LogP contribution < -0.4 is 0 Å². The zero-order valence-electron chi connectivity index (χ0n) is 13.1. The van der Waals surface area contributed by atoms with Crippen LogP contribution in [0.15, 0.2) is 46.8 Å². The molecule has 0 spiro atoms. The van der Waals surface area contributed by atoms with Crippen LogP contribution in [0.5, 0.6) is 0 Å². The highest BCUT2D eigenvalue weighted by Crippen LogP contribution is 2.25. The second-order valence-corrected chi connectivity index (χ2v) is 5.52. The van der Waals surface area contributed by atoms with E-state index in [0.29, 0.717) is 17.2 Å². The van der Waals surface area contributed by atoms with E-state index in [0.717, 1.165) is 16.8 Å². The van der Waals surface area contributed by atoms with E-state index in [-0.39, 0.29) is 5.56 Å². The summed E-state index contributed by atoms with van der Waals surface area (Å²) in [5.41, 5.74) is 4.46. The smallest absolute Gasteiger partial charge is 0.335 e. The fourth-order valence-electron chi connectivity index (χ4n) is 2.52. The van der Waals surface area contributed by atoms with Gasteiger partial charge >= 0.3 is 5.97 Å². The van der Waals surface area contributed by atoms with Gasteiger partial charge in [-0.05, 0) is 56.2 Å². The van der Waals surface area contributed by atoms with Gasteiger partial charge < -0.3 is 5.11 Å². The SMILES string of the molecule is Cc1cc(C)cc(N=Nc2c(C)nc3cc(C(=O)O)ccn23)c1. The van der Waals surface area contributed by atoms with Crippen molar-refractivity contribution in [3.05, 3.63) is 58.9 Å². The molecule has 3 rings (SSSR count). The Morgan fingerprint density at radius 3 is 2.43 bits per heavy atom. The molecule has 0 aliphatic carbocycles. The summed E-state index contributed by atoms with van der Waals surface area (Å²) >= 11 is 0. The molecule has 1 N–H and O–H groups in total. The highest BCUT2D eigenvalue weighted by molar-refractivity contribution is 5.88. The summed E-state index contributed by atoms with van der Waals surface area (Å²) < 4.78 is 1.73. The Kier molecular flexibility index (Phi) is 3.65. The van der Waals surface area contributed by atoms with Crippen LogP contribution >= 0.6 is 0 Å². The predicted octanol–water partition coefficient (Wildman–Crippen LogP) is 4.37. The Balaban J connectivity index is 2.04. The number of hydrogen-bond donors (Lipinski definition) is 1. The largest absolute Gasteiger partial charge is 0.478 e. The average Bonchev–Trinajstić information content (AvgIpc) is 2.78. The van der Waals surface area contributed by atoms with E-state index in [2.05, 4.69) is 21.3 Å². The lowest BCUT2D eigenvalue weighted by molar-refractivity contribution is 0.0697. The van der Waals surface area contributed by atoms with Gasteiger partial charge in [0.05, 0.1) is 16.9 Å². The topological polar surface area (TPSA) is 79.3 Å². The number of fused-ring (bicyclic) bond motifs is 1. The molecule has 0 amide bonds. The summed E-state index contributed by atoms with van der Waals surface area (Å²) in [6, 6.07) is 9.03. The Labute approximate surface area is 133 Å². The van der Waals surface area contributed by atoms with Crippen molar-refractivity contribution >= 4 is 23.1 Å². The van der Waals surface area contributed by atoms with Gasteiger partial charge in [-0.1, -0.05) is 6.07 Å². The quantitative estimate of drug-likeness (QED) is 0.729. The molecule has 116 valence electrons. The summed E-state index contributed by atoms with van der Waals surface area (Å²) in [7, 11) is 0. The van der Waals surface area contributed by atoms with E-state index < -0.39 is 5.97 Å². The number of aromatic carboxylic acids is 1. The molecule has 23 heavy (non-hydrogen) atoms. The maximum atomic E-state index is 11.0. The first kappa shape index (κ1) is 14.9. The zero-order valence-corrected chi connectivity index (χ0v) is 13.1. The Bertz CT molecular complexity index is 921. The van der Waals surface area contributed by atoms with E-state index in [9.17, 15) is 4.79 Å². The number of carboxylic acids is 1. The first-order valence-electron chi connectivity index (χ1n) is 7.16. The zero-order chi connectivity index (χ0) is 16.6. The minimum atomic E-state index is -0.980. The Hall–Kier alpha value is -3.02. The molecule has 3 aromatic rings. The third-order valence-corrected chi connectivity index (χ3v) is 3.48. The van der Waals surface area contributed by atoms with E-state index in [4.69, 9.17) is 5.11 Å². The van der Waals surface area contributed by atoms with Crippen LogP contribution in [0.2, 0.25) is 0 Å². The number of hydrogen-bond acceptors (Lipinski definition) is 4. The van der Waals surface area contributed by atoms with Gasteiger partial charge in [-0.15, -0.1) is 10.2 Å². The molecule has 0 atom stereocenters. The van der Waals surface area contributed by atoms with Crippen LogP contribution in [0.3, 0.4) is 0 Å². The van der Waals surface area contributed by atoms with Crippen molar-refractivity contribution in [3.8, 4) is 0 Å². The molecule has 6 nitrogen and oxygen atoms in total. The number of carbonyl (C=O) groups is 1. The van der Waals surface area contributed by atoms with E-state index in [1.807, 2.05) is 32.9 Å². The molecule has 0 aliphatic rings. The number of nitrogens with zero attached hydrogens (tertiary/aromatic N) is 4. The van der Waals surface area contributed by atoms with Gasteiger partial charge in [0.25, 0.3) is 0 Å². The number of rotatable bonds is 3. The average molecular weight is 308 g/mol. The summed E-state index contributed by atoms with van der Waals surface area (Å²) in [5, 5.41) is 17.6. The summed E-state index contributed by atoms with van der Waals surface area (Å²) in [4.78, 5) is 15.4. The molecule has 0 aliphatic heterocycles. The molecular formula is C17H16N4O2. The van der Waals surface area contributed by atoms with Gasteiger partial charge in [-0.2, -0.15) is 0 Å². The monoisotopic (exact) mass is 308 g/mol. The first-order valence-corrected chi connectivity index (χ1v) is 7.16. The summed E-state index contributed by atoms with van der Waals surface area (Å²) in [5.74, 6) is -0.386. The Morgan fingerprint density at radius 1 is 1.09 bits per heavy atom. The molecule has 2 aromatic heterocycles. The minimum Gasteiger partial charge on any atom is -0.478 e. The number of pyridine rings is 1. The number of aromatic nitrogens is 2. The second-order valence-electron chi connectivity index (χ2n) is 5.52. The maximum Gasteiger partial charge on any atom is 0.335 e. The van der Waals surface area contributed by atoms with Crippen molar-refractivity contribution in [2.75, 3.05) is 0 Å². The van der Waals surface area contributed by atoms with Crippen molar-refractivity contribution in [3.63, 3.8) is 0 Å². The number of benzene rings is 1. The lowest BCUT2D eigenvalue weighted by atomic mass is 10.1. The summed E-state index contributed by atoms with van der Waals surface area (Å²) in [6.07, 6.45) is 1.65. The molecule has 2 heterocycles. The van der Waals surface area contributed by atoms with Crippen LogP contribution in [0.25, 0.3) is 5.65 Å². The van der Waals surface area contributed by atoms with Gasteiger partial charge in [0, 0.05) is 6.20 Å². The van der Waals surface area contributed by atoms with Gasteiger partial charge in [-0.25, -0.2) is 9.78 Å². The van der Waals surface area contributed by atoms with Crippen molar-refractivity contribution in [1.82, 2.24) is 9.38 Å². The fraction of sp³-hybridized carbons (Fsp3) is 0.176. The fourth-order valence-corrected chi connectivity index (χ4v) is 2.52. The lowest BCUT2D eigenvalue weighted by Gasteiger charge is -2.00. The van der Waals surface area contributed by atoms with Crippen LogP contribution in [-0.2, 0) is 0 Å². The lowest BCUT2D eigenvalue weighted by Crippen LogP contribution is -1.97. The molecule has 0 bridgehead atoms. The van der Waals surface area contributed by atoms with Crippen molar-refractivity contribution < 1.29 is 9.90 Å². The third-order valence-electron chi connectivity index (χ3n) is 3.48. The molecule has 0 radical (unpaired) electrons. The van der Waals surface area contributed by atoms with Crippen molar-refractivity contribution in [1.29, 1.82) is 0 Å². The molecule has 1 aromatic carbocycles. The van der Waals surface area contributed by atoms with Crippen molar-refractivity contribution in [2.24, 2.45) is 10.2 Å². The van der Waals surface area contributed by atoms with Crippen LogP contribution in [0.4, 0.5) is 11.5 Å². The van der Waals surface area contributed by atoms with Gasteiger partial charge in [0.1, 0.15) is 5.65 Å². The predicted molar refractivity (Wildman–Crippen MR) is 87.0 cm³/mol. The number of imidazole rings is 1. The molecule has 0 saturated heterocycles. The van der Waals surface area contributed by atoms with Crippen LogP contribution in [0.1, 0.15) is 27.2 Å².